The topological polar surface area (TPSA) is 240 Å². The highest BCUT2D eigenvalue weighted by molar-refractivity contribution is 7.86. The fraction of sp³-hybridized carbons (Fsp3) is 0.0588. The lowest BCUT2D eigenvalue weighted by molar-refractivity contribution is 0.415. The zero-order chi connectivity index (χ0) is 36.1. The van der Waals surface area contributed by atoms with Crippen molar-refractivity contribution < 1.29 is 45.6 Å². The molecule has 254 valence electrons. The first-order chi connectivity index (χ1) is 23.8. The van der Waals surface area contributed by atoms with Gasteiger partial charge in [-0.2, -0.15) is 27.1 Å². The Morgan fingerprint density at radius 1 is 0.560 bits per heavy atom. The van der Waals surface area contributed by atoms with Crippen LogP contribution in [0.25, 0.3) is 54.9 Å². The Balaban J connectivity index is 1.60. The average molecular weight is 715 g/mol. The lowest BCUT2D eigenvalue weighted by atomic mass is 9.92. The number of fused-ring (bicyclic) bond motifs is 2. The quantitative estimate of drug-likeness (QED) is 0.0619. The maximum atomic E-state index is 12.7. The van der Waals surface area contributed by atoms with Crippen LogP contribution in [0.5, 0.6) is 23.0 Å². The number of hydrogen-bond donors (Lipinski definition) is 6. The third kappa shape index (κ3) is 5.45. The van der Waals surface area contributed by atoms with Gasteiger partial charge >= 0.3 is 0 Å². The van der Waals surface area contributed by atoms with Crippen molar-refractivity contribution in [2.75, 3.05) is 14.2 Å². The molecule has 0 saturated heterocycles. The molecule has 6 aromatic carbocycles. The molecule has 0 spiro atoms. The Morgan fingerprint density at radius 3 is 1.20 bits per heavy atom. The van der Waals surface area contributed by atoms with Crippen molar-refractivity contribution in [1.82, 2.24) is 0 Å². The van der Waals surface area contributed by atoms with E-state index in [0.717, 1.165) is 0 Å². The molecule has 0 aliphatic rings. The van der Waals surface area contributed by atoms with Gasteiger partial charge in [0.15, 0.2) is 11.5 Å². The standard InChI is InChI=1S/C34H26N4O10S2/c1-47-25-15-17(11-13-23(25)27-19-7-3-5-9-21(19)31(39)29(37-35)33(27)49(41,42)43)18-12-14-24(26(16-18)48-2)28-20-8-4-6-10-22(20)32(40)30(38-36)34(28)50(44,45)46/h3-16,35-36,39-40H,1-2H3,(H,41,42,43)(H,44,45,46). The summed E-state index contributed by atoms with van der Waals surface area (Å²) in [5.41, 5.74) is 15.2. The number of benzene rings is 6. The first-order valence-electron chi connectivity index (χ1n) is 14.4. The van der Waals surface area contributed by atoms with Crippen LogP contribution in [-0.4, -0.2) is 50.4 Å². The van der Waals surface area contributed by atoms with Crippen LogP contribution in [0.1, 0.15) is 0 Å². The van der Waals surface area contributed by atoms with Gasteiger partial charge in [0.25, 0.3) is 20.2 Å². The summed E-state index contributed by atoms with van der Waals surface area (Å²) >= 11 is 0. The molecule has 6 rings (SSSR count). The SMILES string of the molecule is COc1cc(-c2ccc(-c3c(S(=O)(=O)O)c(N=N)c(O)c4ccccc34)c(OC)c2)ccc1-c1c(S(=O)(=O)O)c(N=N)c(O)c2ccccc12. The van der Waals surface area contributed by atoms with Crippen molar-refractivity contribution in [2.24, 2.45) is 10.2 Å². The first kappa shape index (κ1) is 33.9. The van der Waals surface area contributed by atoms with E-state index in [2.05, 4.69) is 10.2 Å². The Bertz CT molecular complexity index is 2460. The van der Waals surface area contributed by atoms with E-state index < -0.39 is 52.9 Å². The maximum Gasteiger partial charge on any atom is 0.297 e. The third-order valence-electron chi connectivity index (χ3n) is 8.25. The highest BCUT2D eigenvalue weighted by Crippen LogP contribution is 2.52. The molecule has 0 heterocycles. The van der Waals surface area contributed by atoms with Crippen molar-refractivity contribution in [3.05, 3.63) is 84.9 Å². The summed E-state index contributed by atoms with van der Waals surface area (Å²) in [5, 5.41) is 28.9. The van der Waals surface area contributed by atoms with E-state index in [1.54, 1.807) is 48.5 Å². The molecule has 0 amide bonds. The first-order valence-corrected chi connectivity index (χ1v) is 17.3. The molecule has 0 atom stereocenters. The van der Waals surface area contributed by atoms with Gasteiger partial charge in [-0.1, -0.05) is 60.7 Å². The van der Waals surface area contributed by atoms with Crippen molar-refractivity contribution in [3.8, 4) is 56.4 Å². The van der Waals surface area contributed by atoms with Crippen molar-refractivity contribution >= 4 is 53.2 Å². The van der Waals surface area contributed by atoms with E-state index >= 15 is 0 Å². The van der Waals surface area contributed by atoms with E-state index in [0.29, 0.717) is 11.1 Å². The normalized spacial score (nSPS) is 11.8. The summed E-state index contributed by atoms with van der Waals surface area (Å²) in [4.78, 5) is -1.56. The maximum absolute atomic E-state index is 12.7. The molecule has 0 aliphatic heterocycles. The number of phenolic OH excluding ortho intramolecular Hbond substituents is 2. The highest BCUT2D eigenvalue weighted by Gasteiger charge is 2.31. The van der Waals surface area contributed by atoms with Gasteiger partial charge in [0.1, 0.15) is 32.7 Å². The second kappa shape index (κ2) is 12.5. The van der Waals surface area contributed by atoms with Crippen LogP contribution in [-0.2, 0) is 20.2 Å². The molecule has 0 saturated carbocycles. The van der Waals surface area contributed by atoms with Crippen molar-refractivity contribution in [1.29, 1.82) is 11.1 Å². The van der Waals surface area contributed by atoms with Crippen LogP contribution in [0.4, 0.5) is 11.4 Å². The number of aromatic hydroxyl groups is 2. The summed E-state index contributed by atoms with van der Waals surface area (Å²) in [5.74, 6) is -0.919. The lowest BCUT2D eigenvalue weighted by Gasteiger charge is -2.19. The zero-order valence-corrected chi connectivity index (χ0v) is 27.7. The molecule has 0 aromatic heterocycles. The van der Waals surface area contributed by atoms with E-state index in [-0.39, 0.29) is 55.3 Å². The van der Waals surface area contributed by atoms with E-state index in [4.69, 9.17) is 20.5 Å². The summed E-state index contributed by atoms with van der Waals surface area (Å²) in [6, 6.07) is 22.0. The Morgan fingerprint density at radius 2 is 0.900 bits per heavy atom. The number of hydrogen-bond acceptors (Lipinski definition) is 12. The van der Waals surface area contributed by atoms with Crippen molar-refractivity contribution in [2.45, 2.75) is 9.79 Å². The number of rotatable bonds is 9. The highest BCUT2D eigenvalue weighted by atomic mass is 32.2. The molecule has 16 heteroatoms. The second-order valence-corrected chi connectivity index (χ2v) is 13.6. The van der Waals surface area contributed by atoms with Gasteiger partial charge in [0.05, 0.1) is 14.2 Å². The number of ether oxygens (including phenoxy) is 2. The number of phenols is 2. The van der Waals surface area contributed by atoms with Gasteiger partial charge in [-0.05, 0) is 46.2 Å². The average Bonchev–Trinajstić information content (AvgIpc) is 3.10. The molecule has 50 heavy (non-hydrogen) atoms. The van der Waals surface area contributed by atoms with Gasteiger partial charge in [0.2, 0.25) is 0 Å². The summed E-state index contributed by atoms with van der Waals surface area (Å²) in [6.07, 6.45) is 0. The third-order valence-corrected chi connectivity index (χ3v) is 10.1. The number of methoxy groups -OCH3 is 2. The molecule has 0 fully saturated rings. The lowest BCUT2D eigenvalue weighted by Crippen LogP contribution is -2.04. The van der Waals surface area contributed by atoms with E-state index in [9.17, 15) is 36.2 Å². The molecule has 6 N–H and O–H groups in total. The van der Waals surface area contributed by atoms with Gasteiger partial charge in [0, 0.05) is 33.0 Å². The Labute approximate surface area is 284 Å². The van der Waals surface area contributed by atoms with Crippen LogP contribution >= 0.6 is 0 Å². The van der Waals surface area contributed by atoms with Crippen molar-refractivity contribution in [3.63, 3.8) is 0 Å². The number of nitrogens with zero attached hydrogens (tertiary/aromatic N) is 2. The largest absolute Gasteiger partial charge is 0.505 e. The van der Waals surface area contributed by atoms with Gasteiger partial charge in [-0.15, -0.1) is 0 Å². The zero-order valence-electron chi connectivity index (χ0n) is 26.0. The molecule has 6 aromatic rings. The summed E-state index contributed by atoms with van der Waals surface area (Å²) in [7, 11) is -7.39. The van der Waals surface area contributed by atoms with Gasteiger partial charge in [-0.25, -0.2) is 11.1 Å². The molecular weight excluding hydrogens is 689 g/mol. The molecule has 14 nitrogen and oxygen atoms in total. The monoisotopic (exact) mass is 714 g/mol. The van der Waals surface area contributed by atoms with Gasteiger partial charge in [-0.3, -0.25) is 9.11 Å². The fourth-order valence-electron chi connectivity index (χ4n) is 6.17. The minimum Gasteiger partial charge on any atom is -0.505 e. The Kier molecular flexibility index (Phi) is 8.49. The summed E-state index contributed by atoms with van der Waals surface area (Å²) in [6.45, 7) is 0. The molecule has 0 unspecified atom stereocenters. The summed E-state index contributed by atoms with van der Waals surface area (Å²) < 4.78 is 82.7. The van der Waals surface area contributed by atoms with Crippen LogP contribution in [0.15, 0.2) is 105 Å². The smallest absolute Gasteiger partial charge is 0.297 e. The van der Waals surface area contributed by atoms with Crippen LogP contribution in [0, 0.1) is 11.1 Å². The van der Waals surface area contributed by atoms with E-state index in [1.807, 2.05) is 0 Å². The second-order valence-electron chi connectivity index (χ2n) is 10.9. The molecular formula is C34H26N4O10S2. The van der Waals surface area contributed by atoms with E-state index in [1.165, 1.54) is 50.6 Å². The fourth-order valence-corrected chi connectivity index (χ4v) is 7.90. The molecule has 0 bridgehead atoms. The van der Waals surface area contributed by atoms with Crippen LogP contribution in [0.3, 0.4) is 0 Å². The molecule has 0 aliphatic carbocycles. The molecule has 0 radical (unpaired) electrons. The predicted molar refractivity (Wildman–Crippen MR) is 183 cm³/mol. The van der Waals surface area contributed by atoms with Crippen LogP contribution < -0.4 is 9.47 Å². The van der Waals surface area contributed by atoms with Gasteiger partial charge < -0.3 is 19.7 Å². The Hall–Kier alpha value is -5.94. The predicted octanol–water partition coefficient (Wildman–Crippen LogP) is 8.24. The number of nitrogens with one attached hydrogen (secondary N) is 2. The minimum absolute atomic E-state index is 0.0595. The van der Waals surface area contributed by atoms with Crippen LogP contribution in [0.2, 0.25) is 0 Å². The minimum atomic E-state index is -5.04.